The first-order valence-corrected chi connectivity index (χ1v) is 6.84. The van der Waals surface area contributed by atoms with Gasteiger partial charge < -0.3 is 5.11 Å². The van der Waals surface area contributed by atoms with Crippen molar-refractivity contribution >= 4 is 5.57 Å². The van der Waals surface area contributed by atoms with Gasteiger partial charge in [0.25, 0.3) is 0 Å². The van der Waals surface area contributed by atoms with Gasteiger partial charge in [-0.1, -0.05) is 55.7 Å². The lowest BCUT2D eigenvalue weighted by Gasteiger charge is -2.30. The zero-order valence-electron chi connectivity index (χ0n) is 10.9. The molecule has 2 rings (SSSR count). The number of benzene rings is 1. The number of hydrogen-bond acceptors (Lipinski definition) is 1. The molecular formula is C17H22O. The summed E-state index contributed by atoms with van der Waals surface area (Å²) in [5, 5.41) is 10.6. The minimum absolute atomic E-state index is 0.605. The van der Waals surface area contributed by atoms with Gasteiger partial charge in [-0.25, -0.2) is 0 Å². The van der Waals surface area contributed by atoms with E-state index in [1.54, 1.807) is 0 Å². The molecule has 1 saturated carbocycles. The Hall–Kier alpha value is -1.34. The third kappa shape index (κ3) is 3.33. The molecule has 0 spiro atoms. The summed E-state index contributed by atoms with van der Waals surface area (Å²) in [4.78, 5) is 0. The molecule has 18 heavy (non-hydrogen) atoms. The van der Waals surface area contributed by atoms with Crippen LogP contribution in [-0.4, -0.2) is 10.7 Å². The molecule has 0 saturated heterocycles. The van der Waals surface area contributed by atoms with Gasteiger partial charge in [0, 0.05) is 0 Å². The second kappa shape index (κ2) is 6.01. The van der Waals surface area contributed by atoms with E-state index >= 15 is 0 Å². The lowest BCUT2D eigenvalue weighted by molar-refractivity contribution is 0.0517. The molecule has 1 heteroatoms. The van der Waals surface area contributed by atoms with Gasteiger partial charge in [-0.2, -0.15) is 0 Å². The van der Waals surface area contributed by atoms with Crippen LogP contribution in [0.5, 0.6) is 0 Å². The van der Waals surface area contributed by atoms with E-state index in [0.29, 0.717) is 0 Å². The van der Waals surface area contributed by atoms with E-state index in [0.717, 1.165) is 32.1 Å². The van der Waals surface area contributed by atoms with Crippen molar-refractivity contribution in [1.82, 2.24) is 0 Å². The monoisotopic (exact) mass is 242 g/mol. The Labute approximate surface area is 110 Å². The van der Waals surface area contributed by atoms with Gasteiger partial charge in [-0.15, -0.1) is 6.58 Å². The lowest BCUT2D eigenvalue weighted by atomic mass is 9.82. The predicted molar refractivity (Wildman–Crippen MR) is 77.3 cm³/mol. The Kier molecular flexibility index (Phi) is 4.38. The van der Waals surface area contributed by atoms with Crippen molar-refractivity contribution < 1.29 is 5.11 Å². The van der Waals surface area contributed by atoms with Crippen LogP contribution in [0.15, 0.2) is 49.1 Å². The third-order valence-corrected chi connectivity index (χ3v) is 3.67. The zero-order valence-corrected chi connectivity index (χ0v) is 10.9. The van der Waals surface area contributed by atoms with E-state index in [-0.39, 0.29) is 0 Å². The number of hydrogen-bond donors (Lipinski definition) is 1. The molecule has 1 aliphatic carbocycles. The molecule has 0 unspecified atom stereocenters. The zero-order chi connectivity index (χ0) is 12.8. The highest BCUT2D eigenvalue weighted by molar-refractivity contribution is 5.67. The Bertz CT molecular complexity index is 410. The van der Waals surface area contributed by atoms with Crippen molar-refractivity contribution in [2.75, 3.05) is 0 Å². The van der Waals surface area contributed by atoms with Gasteiger partial charge in [0.15, 0.2) is 0 Å². The first-order chi connectivity index (χ1) is 8.73. The molecule has 1 fully saturated rings. The van der Waals surface area contributed by atoms with Crippen molar-refractivity contribution in [3.8, 4) is 0 Å². The smallest absolute Gasteiger partial charge is 0.0833 e. The standard InChI is InChI=1S/C17H22O/c1-2-9-16(15-10-5-3-6-11-15)14-17(18)12-7-4-8-13-17/h2-3,5-6,10-11,14,18H,1,4,7-9,12-13H2/b16-14-. The minimum Gasteiger partial charge on any atom is -0.386 e. The van der Waals surface area contributed by atoms with Crippen molar-refractivity contribution in [2.24, 2.45) is 0 Å². The van der Waals surface area contributed by atoms with Gasteiger partial charge in [-0.3, -0.25) is 0 Å². The molecule has 0 aromatic heterocycles. The van der Waals surface area contributed by atoms with Crippen LogP contribution in [0.1, 0.15) is 44.1 Å². The van der Waals surface area contributed by atoms with Crippen molar-refractivity contribution in [2.45, 2.75) is 44.1 Å². The molecule has 0 heterocycles. The molecule has 0 aliphatic heterocycles. The molecule has 1 aliphatic rings. The maximum Gasteiger partial charge on any atom is 0.0833 e. The van der Waals surface area contributed by atoms with Gasteiger partial charge in [0.05, 0.1) is 5.60 Å². The molecule has 1 aromatic rings. The molecule has 96 valence electrons. The van der Waals surface area contributed by atoms with Crippen molar-refractivity contribution in [3.63, 3.8) is 0 Å². The summed E-state index contributed by atoms with van der Waals surface area (Å²) in [5.74, 6) is 0. The molecule has 1 aromatic carbocycles. The second-order valence-corrected chi connectivity index (χ2v) is 5.19. The molecular weight excluding hydrogens is 220 g/mol. The fourth-order valence-electron chi connectivity index (χ4n) is 2.70. The first-order valence-electron chi connectivity index (χ1n) is 6.84. The molecule has 0 bridgehead atoms. The Morgan fingerprint density at radius 3 is 2.44 bits per heavy atom. The lowest BCUT2D eigenvalue weighted by Crippen LogP contribution is -2.29. The normalized spacial score (nSPS) is 19.5. The van der Waals surface area contributed by atoms with Crippen LogP contribution in [0.2, 0.25) is 0 Å². The predicted octanol–water partition coefficient (Wildman–Crippen LogP) is 4.34. The van der Waals surface area contributed by atoms with Gasteiger partial charge >= 0.3 is 0 Å². The van der Waals surface area contributed by atoms with Gasteiger partial charge in [-0.05, 0) is 36.5 Å². The van der Waals surface area contributed by atoms with Gasteiger partial charge in [0.1, 0.15) is 0 Å². The Morgan fingerprint density at radius 1 is 1.17 bits per heavy atom. The summed E-state index contributed by atoms with van der Waals surface area (Å²) < 4.78 is 0. The number of rotatable bonds is 4. The maximum atomic E-state index is 10.6. The fraction of sp³-hybridized carbons (Fsp3) is 0.412. The van der Waals surface area contributed by atoms with E-state index < -0.39 is 5.60 Å². The first kappa shape index (κ1) is 13.1. The highest BCUT2D eigenvalue weighted by atomic mass is 16.3. The summed E-state index contributed by atoms with van der Waals surface area (Å²) in [7, 11) is 0. The summed E-state index contributed by atoms with van der Waals surface area (Å²) in [6.45, 7) is 3.82. The molecule has 0 amide bonds. The van der Waals surface area contributed by atoms with E-state index in [4.69, 9.17) is 0 Å². The van der Waals surface area contributed by atoms with Crippen LogP contribution < -0.4 is 0 Å². The summed E-state index contributed by atoms with van der Waals surface area (Å²) in [6, 6.07) is 10.3. The number of aliphatic hydroxyl groups is 1. The molecule has 1 N–H and O–H groups in total. The van der Waals surface area contributed by atoms with Gasteiger partial charge in [0.2, 0.25) is 0 Å². The van der Waals surface area contributed by atoms with E-state index in [1.165, 1.54) is 17.6 Å². The third-order valence-electron chi connectivity index (χ3n) is 3.67. The Morgan fingerprint density at radius 2 is 1.83 bits per heavy atom. The Balaban J connectivity index is 2.26. The highest BCUT2D eigenvalue weighted by Crippen LogP contribution is 2.32. The average Bonchev–Trinajstić information content (AvgIpc) is 2.40. The molecule has 0 atom stereocenters. The van der Waals surface area contributed by atoms with Crippen molar-refractivity contribution in [3.05, 3.63) is 54.6 Å². The fourth-order valence-corrected chi connectivity index (χ4v) is 2.70. The highest BCUT2D eigenvalue weighted by Gasteiger charge is 2.27. The topological polar surface area (TPSA) is 20.2 Å². The number of allylic oxidation sites excluding steroid dienone is 2. The maximum absolute atomic E-state index is 10.6. The SMILES string of the molecule is C=CC/C(=C/C1(O)CCCCC1)c1ccccc1. The van der Waals surface area contributed by atoms with E-state index in [1.807, 2.05) is 24.3 Å². The van der Waals surface area contributed by atoms with Crippen LogP contribution in [0.4, 0.5) is 0 Å². The minimum atomic E-state index is -0.605. The second-order valence-electron chi connectivity index (χ2n) is 5.19. The molecule has 0 radical (unpaired) electrons. The van der Waals surface area contributed by atoms with Crippen LogP contribution in [0, 0.1) is 0 Å². The summed E-state index contributed by atoms with van der Waals surface area (Å²) >= 11 is 0. The van der Waals surface area contributed by atoms with Crippen molar-refractivity contribution in [1.29, 1.82) is 0 Å². The molecule has 1 nitrogen and oxygen atoms in total. The average molecular weight is 242 g/mol. The summed E-state index contributed by atoms with van der Waals surface area (Å²) in [5.41, 5.74) is 1.78. The largest absolute Gasteiger partial charge is 0.386 e. The summed E-state index contributed by atoms with van der Waals surface area (Å²) in [6.07, 6.45) is 10.1. The van der Waals surface area contributed by atoms with Crippen LogP contribution in [0.3, 0.4) is 0 Å². The van der Waals surface area contributed by atoms with Crippen LogP contribution >= 0.6 is 0 Å². The van der Waals surface area contributed by atoms with E-state index in [2.05, 4.69) is 24.8 Å². The van der Waals surface area contributed by atoms with E-state index in [9.17, 15) is 5.11 Å². The van der Waals surface area contributed by atoms with Crippen LogP contribution in [-0.2, 0) is 0 Å². The van der Waals surface area contributed by atoms with Crippen LogP contribution in [0.25, 0.3) is 5.57 Å². The quantitative estimate of drug-likeness (QED) is 0.779.